The van der Waals surface area contributed by atoms with Crippen molar-refractivity contribution in [3.63, 3.8) is 0 Å². The lowest BCUT2D eigenvalue weighted by atomic mass is 10.0. The molecule has 1 fully saturated rings. The minimum absolute atomic E-state index is 0.691. The number of nitrogens with zero attached hydrogens (tertiary/aromatic N) is 1. The molecule has 0 amide bonds. The van der Waals surface area contributed by atoms with Crippen LogP contribution >= 0.6 is 21.5 Å². The lowest BCUT2D eigenvalue weighted by Crippen LogP contribution is -2.45. The maximum atomic E-state index is 5.51. The predicted octanol–water partition coefficient (Wildman–Crippen LogP) is 4.10. The van der Waals surface area contributed by atoms with Crippen LogP contribution in [0.5, 0.6) is 0 Å². The number of rotatable bonds is 2. The zero-order valence-electron chi connectivity index (χ0n) is 14.0. The molecule has 4 heteroatoms. The highest BCUT2D eigenvalue weighted by Crippen LogP contribution is 2.27. The molecule has 0 spiro atoms. The predicted molar refractivity (Wildman–Crippen MR) is 112 cm³/mol. The van der Waals surface area contributed by atoms with Crippen LogP contribution in [0.3, 0.4) is 0 Å². The maximum Gasteiger partial charge on any atom is 0.178 e. The lowest BCUT2D eigenvalue weighted by Gasteiger charge is -2.34. The van der Waals surface area contributed by atoms with E-state index in [9.17, 15) is 0 Å². The summed E-state index contributed by atoms with van der Waals surface area (Å²) >= 11 is 5.51. The Bertz CT molecular complexity index is 837. The molecule has 1 aliphatic rings. The first-order chi connectivity index (χ1) is 11.5. The number of hydrogen-bond acceptors (Lipinski definition) is 1. The van der Waals surface area contributed by atoms with Gasteiger partial charge in [-0.2, -0.15) is 0 Å². The van der Waals surface area contributed by atoms with Crippen LogP contribution < -0.4 is 15.5 Å². The van der Waals surface area contributed by atoms with E-state index in [0.717, 1.165) is 17.0 Å². The van der Waals surface area contributed by atoms with Crippen LogP contribution in [0.15, 0.2) is 60.3 Å². The molecule has 1 unspecified atom stereocenters. The van der Waals surface area contributed by atoms with E-state index in [1.807, 2.05) is 4.90 Å². The topological polar surface area (TPSA) is 15.3 Å². The molecule has 1 saturated heterocycles. The molecule has 1 heterocycles. The average molecular weight is 352 g/mol. The van der Waals surface area contributed by atoms with E-state index in [4.69, 9.17) is 12.2 Å². The van der Waals surface area contributed by atoms with Crippen molar-refractivity contribution in [1.82, 2.24) is 5.32 Å². The van der Waals surface area contributed by atoms with E-state index in [1.54, 1.807) is 0 Å². The van der Waals surface area contributed by atoms with E-state index in [2.05, 4.69) is 83.5 Å². The van der Waals surface area contributed by atoms with Crippen molar-refractivity contribution in [2.24, 2.45) is 0 Å². The molecule has 122 valence electrons. The highest BCUT2D eigenvalue weighted by Gasteiger charge is 2.23. The third-order valence-electron chi connectivity index (χ3n) is 4.25. The minimum Gasteiger partial charge on any atom is -0.358 e. The molecular formula is C20H21N2PS. The molecule has 0 radical (unpaired) electrons. The largest absolute Gasteiger partial charge is 0.358 e. The second-order valence-electron chi connectivity index (χ2n) is 6.02. The van der Waals surface area contributed by atoms with Gasteiger partial charge in [-0.25, -0.2) is 0 Å². The molecule has 0 saturated carbocycles. The van der Waals surface area contributed by atoms with Crippen LogP contribution in [-0.2, 0) is 0 Å². The monoisotopic (exact) mass is 352 g/mol. The third-order valence-corrected chi connectivity index (χ3v) is 5.37. The van der Waals surface area contributed by atoms with E-state index >= 15 is 0 Å². The van der Waals surface area contributed by atoms with Crippen LogP contribution in [0.4, 0.5) is 5.69 Å². The van der Waals surface area contributed by atoms with Crippen molar-refractivity contribution >= 4 is 43.6 Å². The van der Waals surface area contributed by atoms with Crippen molar-refractivity contribution < 1.29 is 0 Å². The van der Waals surface area contributed by atoms with Crippen LogP contribution in [-0.4, -0.2) is 11.7 Å². The Morgan fingerprint density at radius 2 is 1.88 bits per heavy atom. The standard InChI is InChI=1S/C20H21N2PS/c1-13-7-9-18(10-8-13)22-15(3)17(12-21-20(22)24)11-16-6-4-5-14(2)19(16)23/h4-11H,3,12,23H2,1-2H3,(H,21,24)/b17-11+. The van der Waals surface area contributed by atoms with Crippen molar-refractivity contribution in [3.05, 3.63) is 77.0 Å². The summed E-state index contributed by atoms with van der Waals surface area (Å²) in [5, 5.41) is 5.21. The van der Waals surface area contributed by atoms with Crippen LogP contribution in [0, 0.1) is 13.8 Å². The molecule has 1 aliphatic heterocycles. The van der Waals surface area contributed by atoms with Gasteiger partial charge in [-0.3, -0.25) is 4.90 Å². The normalized spacial score (nSPS) is 16.5. The summed E-state index contributed by atoms with van der Waals surface area (Å²) in [5.74, 6) is 0. The Balaban J connectivity index is 1.98. The van der Waals surface area contributed by atoms with Gasteiger partial charge < -0.3 is 5.32 Å². The fourth-order valence-corrected chi connectivity index (χ4v) is 3.30. The van der Waals surface area contributed by atoms with Crippen LogP contribution in [0.25, 0.3) is 6.08 Å². The summed E-state index contributed by atoms with van der Waals surface area (Å²) in [6.07, 6.45) is 2.19. The summed E-state index contributed by atoms with van der Waals surface area (Å²) in [7, 11) is 2.83. The van der Waals surface area contributed by atoms with Gasteiger partial charge in [-0.1, -0.05) is 42.5 Å². The second-order valence-corrected chi connectivity index (χ2v) is 6.99. The molecule has 0 aliphatic carbocycles. The number of aryl methyl sites for hydroxylation is 2. The van der Waals surface area contributed by atoms with Gasteiger partial charge in [0, 0.05) is 17.9 Å². The maximum absolute atomic E-state index is 5.51. The molecule has 24 heavy (non-hydrogen) atoms. The highest BCUT2D eigenvalue weighted by atomic mass is 32.1. The van der Waals surface area contributed by atoms with Gasteiger partial charge in [0.05, 0.1) is 0 Å². The van der Waals surface area contributed by atoms with E-state index in [0.29, 0.717) is 11.7 Å². The molecule has 2 nitrogen and oxygen atoms in total. The number of anilines is 1. The minimum atomic E-state index is 0.691. The molecule has 0 bridgehead atoms. The number of hydrogen-bond donors (Lipinski definition) is 1. The molecule has 1 atom stereocenters. The first-order valence-electron chi connectivity index (χ1n) is 7.87. The van der Waals surface area contributed by atoms with Gasteiger partial charge in [0.1, 0.15) is 0 Å². The number of benzene rings is 2. The first-order valence-corrected chi connectivity index (χ1v) is 8.85. The first kappa shape index (κ1) is 16.9. The summed E-state index contributed by atoms with van der Waals surface area (Å²) < 4.78 is 0. The highest BCUT2D eigenvalue weighted by molar-refractivity contribution is 7.80. The fourth-order valence-electron chi connectivity index (χ4n) is 2.74. The molecular weight excluding hydrogens is 331 g/mol. The van der Waals surface area contributed by atoms with Crippen molar-refractivity contribution in [2.75, 3.05) is 11.4 Å². The fraction of sp³-hybridized carbons (Fsp3) is 0.150. The summed E-state index contributed by atoms with van der Waals surface area (Å²) in [5.41, 5.74) is 6.77. The SMILES string of the molecule is C=C1/C(=C/c2cccc(C)c2P)CNC(=S)N1c1ccc(C)cc1. The Morgan fingerprint density at radius 3 is 2.58 bits per heavy atom. The average Bonchev–Trinajstić information content (AvgIpc) is 2.56. The van der Waals surface area contributed by atoms with Crippen molar-refractivity contribution in [1.29, 1.82) is 0 Å². The van der Waals surface area contributed by atoms with E-state index in [1.165, 1.54) is 22.0 Å². The molecule has 2 aromatic carbocycles. The van der Waals surface area contributed by atoms with Gasteiger partial charge in [-0.05, 0) is 66.3 Å². The van der Waals surface area contributed by atoms with Gasteiger partial charge >= 0.3 is 0 Å². The molecule has 1 N–H and O–H groups in total. The van der Waals surface area contributed by atoms with Crippen LogP contribution in [0.2, 0.25) is 0 Å². The molecule has 2 aromatic rings. The number of nitrogens with one attached hydrogen (secondary N) is 1. The second kappa shape index (κ2) is 6.88. The summed E-state index contributed by atoms with van der Waals surface area (Å²) in [4.78, 5) is 2.00. The third kappa shape index (κ3) is 3.28. The van der Waals surface area contributed by atoms with Gasteiger partial charge in [-0.15, -0.1) is 9.24 Å². The van der Waals surface area contributed by atoms with E-state index in [-0.39, 0.29) is 0 Å². The van der Waals surface area contributed by atoms with Gasteiger partial charge in [0.15, 0.2) is 5.11 Å². The summed E-state index contributed by atoms with van der Waals surface area (Å²) in [6, 6.07) is 14.6. The quantitative estimate of drug-likeness (QED) is 0.647. The Kier molecular flexibility index (Phi) is 4.84. The Morgan fingerprint density at radius 1 is 1.17 bits per heavy atom. The van der Waals surface area contributed by atoms with Gasteiger partial charge in [0.25, 0.3) is 0 Å². The lowest BCUT2D eigenvalue weighted by molar-refractivity contribution is 0.929. The summed E-state index contributed by atoms with van der Waals surface area (Å²) in [6.45, 7) is 9.19. The van der Waals surface area contributed by atoms with Crippen LogP contribution in [0.1, 0.15) is 16.7 Å². The number of thiocarbonyl (C=S) groups is 1. The van der Waals surface area contributed by atoms with Crippen molar-refractivity contribution in [3.8, 4) is 0 Å². The molecule has 0 aromatic heterocycles. The zero-order valence-corrected chi connectivity index (χ0v) is 15.9. The smallest absolute Gasteiger partial charge is 0.178 e. The van der Waals surface area contributed by atoms with Gasteiger partial charge in [0.2, 0.25) is 0 Å². The van der Waals surface area contributed by atoms with E-state index < -0.39 is 0 Å². The van der Waals surface area contributed by atoms with Crippen molar-refractivity contribution in [2.45, 2.75) is 13.8 Å². The Hall–Kier alpha value is -1.96. The zero-order chi connectivity index (χ0) is 17.3. The molecule has 3 rings (SSSR count). The Labute approximate surface area is 151 Å².